The Kier molecular flexibility index (Phi) is 7.29. The molecule has 9 heteroatoms. The minimum absolute atomic E-state index is 0.104. The van der Waals surface area contributed by atoms with Gasteiger partial charge in [-0.3, -0.25) is 9.55 Å². The number of rotatable bonds is 4. The van der Waals surface area contributed by atoms with Crippen molar-refractivity contribution in [3.8, 4) is 22.5 Å². The highest BCUT2D eigenvalue weighted by Gasteiger charge is 2.34. The first-order valence-corrected chi connectivity index (χ1v) is 14.2. The zero-order valence-electron chi connectivity index (χ0n) is 23.6. The normalized spacial score (nSPS) is 18.3. The van der Waals surface area contributed by atoms with Gasteiger partial charge in [-0.05, 0) is 83.8 Å². The molecule has 6 rings (SSSR count). The first-order chi connectivity index (χ1) is 20.2. The van der Waals surface area contributed by atoms with Crippen molar-refractivity contribution in [2.24, 2.45) is 13.0 Å². The van der Waals surface area contributed by atoms with Crippen molar-refractivity contribution in [2.45, 2.75) is 38.8 Å². The summed E-state index contributed by atoms with van der Waals surface area (Å²) in [5, 5.41) is 1.06. The van der Waals surface area contributed by atoms with Crippen LogP contribution in [0.3, 0.4) is 0 Å². The van der Waals surface area contributed by atoms with Crippen molar-refractivity contribution in [3.05, 3.63) is 101 Å². The van der Waals surface area contributed by atoms with Crippen LogP contribution in [0, 0.1) is 5.92 Å². The molecule has 1 aliphatic carbocycles. The van der Waals surface area contributed by atoms with Crippen LogP contribution in [0.2, 0.25) is 0 Å². The molecule has 1 N–H and O–H groups in total. The molecule has 0 amide bonds. The average molecular weight is 572 g/mol. The number of halogens is 3. The molecular weight excluding hydrogens is 539 g/mol. The number of aryl methyl sites for hydroxylation is 1. The first-order valence-electron chi connectivity index (χ1n) is 14.2. The summed E-state index contributed by atoms with van der Waals surface area (Å²) in [6.45, 7) is 3.51. The first kappa shape index (κ1) is 27.7. The van der Waals surface area contributed by atoms with Crippen LogP contribution in [0.4, 0.5) is 13.2 Å². The number of hydrogen-bond donors (Lipinski definition) is 1. The minimum atomic E-state index is -4.65. The van der Waals surface area contributed by atoms with Crippen LogP contribution in [-0.2, 0) is 7.05 Å². The fourth-order valence-corrected chi connectivity index (χ4v) is 5.69. The van der Waals surface area contributed by atoms with Gasteiger partial charge in [-0.25, -0.2) is 4.79 Å². The summed E-state index contributed by atoms with van der Waals surface area (Å²) in [6.07, 6.45) is 8.71. The molecule has 3 aromatic heterocycles. The van der Waals surface area contributed by atoms with Crippen molar-refractivity contribution in [1.82, 2.24) is 24.0 Å². The highest BCUT2D eigenvalue weighted by Crippen LogP contribution is 2.33. The molecule has 0 bridgehead atoms. The van der Waals surface area contributed by atoms with E-state index in [1.807, 2.05) is 41.4 Å². The van der Waals surface area contributed by atoms with E-state index < -0.39 is 17.4 Å². The molecule has 1 unspecified atom stereocenters. The van der Waals surface area contributed by atoms with E-state index in [1.165, 1.54) is 9.13 Å². The van der Waals surface area contributed by atoms with Gasteiger partial charge >= 0.3 is 11.9 Å². The Labute approximate surface area is 241 Å². The molecule has 1 aliphatic heterocycles. The van der Waals surface area contributed by atoms with E-state index in [2.05, 4.69) is 28.7 Å². The Morgan fingerprint density at radius 1 is 1.02 bits per heavy atom. The van der Waals surface area contributed by atoms with Gasteiger partial charge in [0.05, 0.1) is 22.8 Å². The summed E-state index contributed by atoms with van der Waals surface area (Å²) < 4.78 is 45.6. The molecule has 2 aliphatic rings. The van der Waals surface area contributed by atoms with Crippen molar-refractivity contribution < 1.29 is 13.2 Å². The fourth-order valence-electron chi connectivity index (χ4n) is 5.69. The number of imidazole rings is 1. The van der Waals surface area contributed by atoms with Gasteiger partial charge in [-0.2, -0.15) is 13.2 Å². The van der Waals surface area contributed by atoms with Crippen LogP contribution in [0.25, 0.3) is 39.1 Å². The number of aromatic nitrogens is 4. The minimum Gasteiger partial charge on any atom is -0.365 e. The molecule has 1 atom stereocenters. The number of hydrogen-bond acceptors (Lipinski definition) is 3. The molecule has 0 spiro atoms. The van der Waals surface area contributed by atoms with Gasteiger partial charge in [-0.15, -0.1) is 0 Å². The van der Waals surface area contributed by atoms with Crippen LogP contribution in [0.1, 0.15) is 32.6 Å². The lowest BCUT2D eigenvalue weighted by Crippen LogP contribution is -2.27. The third-order valence-corrected chi connectivity index (χ3v) is 8.10. The predicted molar refractivity (Wildman–Crippen MR) is 159 cm³/mol. The van der Waals surface area contributed by atoms with Crippen molar-refractivity contribution in [3.63, 3.8) is 0 Å². The SMILES string of the molecule is CC1CCCCN(C2=C=C(C(F)(F)F)C=C(n3c(-c4cc(-c5ccc6[nH]ccc6c5)ccn4)cn(C)c3=O)C=C2)CC1. The van der Waals surface area contributed by atoms with Gasteiger partial charge in [0.15, 0.2) is 0 Å². The molecule has 6 nitrogen and oxygen atoms in total. The smallest absolute Gasteiger partial charge is 0.365 e. The molecule has 42 heavy (non-hydrogen) atoms. The summed E-state index contributed by atoms with van der Waals surface area (Å²) in [6, 6.07) is 11.8. The van der Waals surface area contributed by atoms with Gasteiger partial charge < -0.3 is 14.5 Å². The van der Waals surface area contributed by atoms with Crippen LogP contribution < -0.4 is 5.69 Å². The van der Waals surface area contributed by atoms with Crippen molar-refractivity contribution >= 4 is 16.6 Å². The van der Waals surface area contributed by atoms with Gasteiger partial charge in [0.2, 0.25) is 0 Å². The maximum Gasteiger partial charge on any atom is 0.423 e. The Bertz CT molecular complexity index is 1830. The lowest BCUT2D eigenvalue weighted by molar-refractivity contribution is -0.0880. The fraction of sp³-hybridized carbons (Fsp3) is 0.303. The van der Waals surface area contributed by atoms with Crippen LogP contribution in [0.15, 0.2) is 95.0 Å². The van der Waals surface area contributed by atoms with Crippen LogP contribution in [-0.4, -0.2) is 43.3 Å². The lowest BCUT2D eigenvalue weighted by Gasteiger charge is -2.28. The maximum absolute atomic E-state index is 14.3. The largest absolute Gasteiger partial charge is 0.423 e. The monoisotopic (exact) mass is 571 g/mol. The third-order valence-electron chi connectivity index (χ3n) is 8.10. The second-order valence-corrected chi connectivity index (χ2v) is 11.2. The highest BCUT2D eigenvalue weighted by molar-refractivity contribution is 5.85. The molecule has 4 heterocycles. The summed E-state index contributed by atoms with van der Waals surface area (Å²) in [5.41, 5.74) is 5.47. The Morgan fingerprint density at radius 3 is 2.69 bits per heavy atom. The lowest BCUT2D eigenvalue weighted by atomic mass is 9.98. The molecule has 4 aromatic rings. The summed E-state index contributed by atoms with van der Waals surface area (Å²) in [7, 11) is 1.58. The van der Waals surface area contributed by atoms with E-state index in [0.29, 0.717) is 36.1 Å². The van der Waals surface area contributed by atoms with Gasteiger partial charge in [0, 0.05) is 44.2 Å². The van der Waals surface area contributed by atoms with Gasteiger partial charge in [-0.1, -0.05) is 31.6 Å². The number of pyridine rings is 1. The molecule has 0 saturated carbocycles. The Morgan fingerprint density at radius 2 is 1.86 bits per heavy atom. The predicted octanol–water partition coefficient (Wildman–Crippen LogP) is 7.29. The average Bonchev–Trinajstić information content (AvgIpc) is 3.46. The summed E-state index contributed by atoms with van der Waals surface area (Å²) in [4.78, 5) is 23.1. The summed E-state index contributed by atoms with van der Waals surface area (Å²) in [5.74, 6) is 0.515. The molecule has 216 valence electrons. The topological polar surface area (TPSA) is 58.9 Å². The number of H-pyrrole nitrogens is 1. The Hall–Kier alpha value is -4.49. The number of allylic oxidation sites excluding steroid dienone is 4. The van der Waals surface area contributed by atoms with Crippen molar-refractivity contribution in [2.75, 3.05) is 13.1 Å². The van der Waals surface area contributed by atoms with Crippen molar-refractivity contribution in [1.29, 1.82) is 0 Å². The number of nitrogens with zero attached hydrogens (tertiary/aromatic N) is 4. The van der Waals surface area contributed by atoms with E-state index in [0.717, 1.165) is 53.8 Å². The van der Waals surface area contributed by atoms with E-state index in [1.54, 1.807) is 31.6 Å². The number of benzene rings is 1. The summed E-state index contributed by atoms with van der Waals surface area (Å²) >= 11 is 0. The quantitative estimate of drug-likeness (QED) is 0.262. The number of nitrogens with one attached hydrogen (secondary N) is 1. The van der Waals surface area contributed by atoms with Gasteiger partial charge in [0.25, 0.3) is 0 Å². The second-order valence-electron chi connectivity index (χ2n) is 11.2. The van der Waals surface area contributed by atoms with E-state index in [-0.39, 0.29) is 5.70 Å². The number of alkyl halides is 3. The molecule has 0 radical (unpaired) electrons. The number of fused-ring (bicyclic) bond motifs is 1. The Balaban J connectivity index is 1.42. The molecule has 1 aromatic carbocycles. The zero-order valence-corrected chi connectivity index (χ0v) is 23.6. The molecule has 1 fully saturated rings. The van der Waals surface area contributed by atoms with E-state index in [4.69, 9.17) is 0 Å². The van der Waals surface area contributed by atoms with E-state index >= 15 is 0 Å². The zero-order chi connectivity index (χ0) is 29.4. The third kappa shape index (κ3) is 5.52. The highest BCUT2D eigenvalue weighted by atomic mass is 19.4. The van der Waals surface area contributed by atoms with Crippen LogP contribution >= 0.6 is 0 Å². The maximum atomic E-state index is 14.3. The van der Waals surface area contributed by atoms with Crippen LogP contribution in [0.5, 0.6) is 0 Å². The second kappa shape index (κ2) is 11.1. The number of likely N-dealkylation sites (tertiary alicyclic amines) is 1. The van der Waals surface area contributed by atoms with E-state index in [9.17, 15) is 18.0 Å². The van der Waals surface area contributed by atoms with Gasteiger partial charge in [0.1, 0.15) is 5.57 Å². The standard InChI is InChI=1S/C33H32F3N5O/c1-22-5-3-4-15-40(16-12-22)27-7-8-28(20-26(19-27)33(34,35)36)41-31(21-39(2)32(41)42)30-18-24(10-13-38-30)23-6-9-29-25(17-23)11-14-37-29/h6-11,13-14,17-18,20-22,37H,3-5,12,15-16H2,1-2H3. The molecular formula is C33H32F3N5O. The number of aromatic amines is 1. The molecule has 1 saturated heterocycles.